The lowest BCUT2D eigenvalue weighted by Gasteiger charge is -2.07. The quantitative estimate of drug-likeness (QED) is 0.719. The SMILES string of the molecule is C=C1N=C(N)c2ccc(C(C)C)cc21. The number of nitrogens with zero attached hydrogens (tertiary/aromatic N) is 1. The lowest BCUT2D eigenvalue weighted by molar-refractivity contribution is 0.866. The van der Waals surface area contributed by atoms with Crippen molar-refractivity contribution in [2.75, 3.05) is 0 Å². The van der Waals surface area contributed by atoms with Gasteiger partial charge in [-0.05, 0) is 17.5 Å². The monoisotopic (exact) mass is 186 g/mol. The molecule has 0 radical (unpaired) electrons. The van der Waals surface area contributed by atoms with Crippen molar-refractivity contribution in [2.24, 2.45) is 10.7 Å². The van der Waals surface area contributed by atoms with E-state index in [-0.39, 0.29) is 0 Å². The Morgan fingerprint density at radius 2 is 2.00 bits per heavy atom. The molecule has 0 saturated heterocycles. The molecule has 1 aliphatic rings. The van der Waals surface area contributed by atoms with Crippen molar-refractivity contribution in [2.45, 2.75) is 19.8 Å². The molecule has 0 aliphatic carbocycles. The minimum absolute atomic E-state index is 0.523. The van der Waals surface area contributed by atoms with Crippen molar-refractivity contribution in [1.82, 2.24) is 0 Å². The standard InChI is InChI=1S/C12H14N2/c1-7(2)9-4-5-10-11(6-9)8(3)14-12(10)13/h4-7H,3H2,1-2H3,(H2,13,14). The van der Waals surface area contributed by atoms with E-state index in [1.807, 2.05) is 6.07 Å². The summed E-state index contributed by atoms with van der Waals surface area (Å²) in [6.07, 6.45) is 0. The molecule has 0 aromatic heterocycles. The number of rotatable bonds is 1. The number of amidine groups is 1. The maximum absolute atomic E-state index is 5.75. The van der Waals surface area contributed by atoms with E-state index in [1.54, 1.807) is 0 Å². The molecule has 2 heteroatoms. The molecule has 72 valence electrons. The molecular weight excluding hydrogens is 172 g/mol. The minimum atomic E-state index is 0.523. The van der Waals surface area contributed by atoms with Gasteiger partial charge >= 0.3 is 0 Å². The van der Waals surface area contributed by atoms with E-state index in [0.29, 0.717) is 11.8 Å². The zero-order valence-electron chi connectivity index (χ0n) is 8.54. The second-order valence-corrected chi connectivity index (χ2v) is 3.90. The molecule has 0 atom stereocenters. The van der Waals surface area contributed by atoms with Crippen LogP contribution < -0.4 is 5.73 Å². The number of nitrogens with two attached hydrogens (primary N) is 1. The van der Waals surface area contributed by atoms with E-state index in [1.165, 1.54) is 5.56 Å². The highest BCUT2D eigenvalue weighted by molar-refractivity contribution is 6.08. The summed E-state index contributed by atoms with van der Waals surface area (Å²) in [7, 11) is 0. The summed E-state index contributed by atoms with van der Waals surface area (Å²) in [6.45, 7) is 8.22. The Balaban J connectivity index is 2.55. The van der Waals surface area contributed by atoms with Gasteiger partial charge < -0.3 is 5.73 Å². The average Bonchev–Trinajstić information content (AvgIpc) is 2.42. The fourth-order valence-corrected chi connectivity index (χ4v) is 1.65. The highest BCUT2D eigenvalue weighted by Crippen LogP contribution is 2.28. The largest absolute Gasteiger partial charge is 0.383 e. The molecule has 2 N–H and O–H groups in total. The lowest BCUT2D eigenvalue weighted by atomic mass is 9.97. The van der Waals surface area contributed by atoms with Gasteiger partial charge in [-0.2, -0.15) is 0 Å². The summed E-state index contributed by atoms with van der Waals surface area (Å²) in [5.41, 5.74) is 9.92. The van der Waals surface area contributed by atoms with E-state index in [2.05, 4.69) is 37.6 Å². The Labute approximate surface area is 84.2 Å². The predicted octanol–water partition coefficient (Wildman–Crippen LogP) is 2.50. The summed E-state index contributed by atoms with van der Waals surface area (Å²) >= 11 is 0. The number of benzene rings is 1. The van der Waals surface area contributed by atoms with Crippen molar-refractivity contribution in [3.8, 4) is 0 Å². The van der Waals surface area contributed by atoms with Gasteiger partial charge in [0, 0.05) is 11.1 Å². The first-order valence-corrected chi connectivity index (χ1v) is 4.77. The fraction of sp³-hybridized carbons (Fsp3) is 0.250. The zero-order chi connectivity index (χ0) is 10.3. The smallest absolute Gasteiger partial charge is 0.132 e. The Bertz CT molecular complexity index is 428. The highest BCUT2D eigenvalue weighted by Gasteiger charge is 2.17. The van der Waals surface area contributed by atoms with Crippen LogP contribution in [0.5, 0.6) is 0 Å². The highest BCUT2D eigenvalue weighted by atomic mass is 14.9. The number of fused-ring (bicyclic) bond motifs is 1. The maximum atomic E-state index is 5.75. The Kier molecular flexibility index (Phi) is 1.92. The Hall–Kier alpha value is -1.57. The van der Waals surface area contributed by atoms with Crippen molar-refractivity contribution < 1.29 is 0 Å². The molecule has 0 amide bonds. The summed E-state index contributed by atoms with van der Waals surface area (Å²) in [5.74, 6) is 1.11. The van der Waals surface area contributed by atoms with E-state index < -0.39 is 0 Å². The van der Waals surface area contributed by atoms with Crippen molar-refractivity contribution >= 4 is 11.5 Å². The molecular formula is C12H14N2. The molecule has 1 aromatic rings. The summed E-state index contributed by atoms with van der Waals surface area (Å²) in [4.78, 5) is 4.16. The van der Waals surface area contributed by atoms with Crippen LogP contribution in [0.3, 0.4) is 0 Å². The Morgan fingerprint density at radius 1 is 1.29 bits per heavy atom. The van der Waals surface area contributed by atoms with E-state index in [9.17, 15) is 0 Å². The van der Waals surface area contributed by atoms with Gasteiger partial charge in [-0.1, -0.05) is 32.6 Å². The third kappa shape index (κ3) is 1.23. The van der Waals surface area contributed by atoms with Gasteiger partial charge in [0.1, 0.15) is 5.84 Å². The van der Waals surface area contributed by atoms with Gasteiger partial charge in [0.05, 0.1) is 5.70 Å². The molecule has 2 rings (SSSR count). The molecule has 0 spiro atoms. The van der Waals surface area contributed by atoms with Crippen LogP contribution in [0.4, 0.5) is 0 Å². The summed E-state index contributed by atoms with van der Waals surface area (Å²) in [6, 6.07) is 6.26. The third-order valence-corrected chi connectivity index (χ3v) is 2.55. The third-order valence-electron chi connectivity index (χ3n) is 2.55. The molecule has 1 aliphatic heterocycles. The second-order valence-electron chi connectivity index (χ2n) is 3.90. The number of hydrogen-bond acceptors (Lipinski definition) is 2. The minimum Gasteiger partial charge on any atom is -0.383 e. The van der Waals surface area contributed by atoms with Gasteiger partial charge in [-0.3, -0.25) is 0 Å². The van der Waals surface area contributed by atoms with E-state index in [4.69, 9.17) is 5.73 Å². The fourth-order valence-electron chi connectivity index (χ4n) is 1.65. The Morgan fingerprint density at radius 3 is 2.64 bits per heavy atom. The predicted molar refractivity (Wildman–Crippen MR) is 60.3 cm³/mol. The zero-order valence-corrected chi connectivity index (χ0v) is 8.54. The first-order valence-electron chi connectivity index (χ1n) is 4.77. The van der Waals surface area contributed by atoms with E-state index >= 15 is 0 Å². The molecule has 0 fully saturated rings. The van der Waals surface area contributed by atoms with Crippen LogP contribution in [-0.4, -0.2) is 5.84 Å². The van der Waals surface area contributed by atoms with Gasteiger partial charge in [0.15, 0.2) is 0 Å². The van der Waals surface area contributed by atoms with Gasteiger partial charge in [0.2, 0.25) is 0 Å². The van der Waals surface area contributed by atoms with Gasteiger partial charge in [0.25, 0.3) is 0 Å². The maximum Gasteiger partial charge on any atom is 0.132 e. The second kappa shape index (κ2) is 2.98. The molecule has 14 heavy (non-hydrogen) atoms. The van der Waals surface area contributed by atoms with E-state index in [0.717, 1.165) is 16.8 Å². The first kappa shape index (κ1) is 9.00. The van der Waals surface area contributed by atoms with Crippen molar-refractivity contribution in [3.63, 3.8) is 0 Å². The lowest BCUT2D eigenvalue weighted by Crippen LogP contribution is -2.10. The number of aliphatic imine (C=N–C) groups is 1. The number of hydrogen-bond donors (Lipinski definition) is 1. The van der Waals surface area contributed by atoms with Crippen LogP contribution >= 0.6 is 0 Å². The van der Waals surface area contributed by atoms with Gasteiger partial charge in [-0.25, -0.2) is 4.99 Å². The first-order chi connectivity index (χ1) is 6.59. The summed E-state index contributed by atoms with van der Waals surface area (Å²) in [5, 5.41) is 0. The molecule has 1 aromatic carbocycles. The van der Waals surface area contributed by atoms with Crippen LogP contribution in [-0.2, 0) is 0 Å². The van der Waals surface area contributed by atoms with Crippen LogP contribution in [0, 0.1) is 0 Å². The van der Waals surface area contributed by atoms with Crippen LogP contribution in [0.25, 0.3) is 5.70 Å². The van der Waals surface area contributed by atoms with Crippen LogP contribution in [0.15, 0.2) is 29.8 Å². The topological polar surface area (TPSA) is 38.4 Å². The normalized spacial score (nSPS) is 14.5. The van der Waals surface area contributed by atoms with Crippen LogP contribution in [0.1, 0.15) is 36.5 Å². The molecule has 2 nitrogen and oxygen atoms in total. The molecule has 0 bridgehead atoms. The van der Waals surface area contributed by atoms with Crippen molar-refractivity contribution in [3.05, 3.63) is 41.5 Å². The van der Waals surface area contributed by atoms with Crippen LogP contribution in [0.2, 0.25) is 0 Å². The molecule has 0 unspecified atom stereocenters. The molecule has 1 heterocycles. The summed E-state index contributed by atoms with van der Waals surface area (Å²) < 4.78 is 0. The van der Waals surface area contributed by atoms with Gasteiger partial charge in [-0.15, -0.1) is 0 Å². The van der Waals surface area contributed by atoms with Crippen molar-refractivity contribution in [1.29, 1.82) is 0 Å². The average molecular weight is 186 g/mol. The molecule has 0 saturated carbocycles.